The predicted octanol–water partition coefficient (Wildman–Crippen LogP) is 4.35. The molecular weight excluding hydrogens is 242 g/mol. The van der Waals surface area contributed by atoms with Gasteiger partial charge >= 0.3 is 0 Å². The Balaban J connectivity index is 1.80. The van der Waals surface area contributed by atoms with Crippen LogP contribution in [0.3, 0.4) is 0 Å². The van der Waals surface area contributed by atoms with Crippen LogP contribution in [0.4, 0.5) is 0 Å². The lowest BCUT2D eigenvalue weighted by atomic mass is 9.78. The van der Waals surface area contributed by atoms with Crippen molar-refractivity contribution in [1.82, 2.24) is 5.32 Å². The van der Waals surface area contributed by atoms with Crippen molar-refractivity contribution < 1.29 is 0 Å². The van der Waals surface area contributed by atoms with Crippen LogP contribution in [-0.2, 0) is 0 Å². The summed E-state index contributed by atoms with van der Waals surface area (Å²) in [5.41, 5.74) is 3.16. The van der Waals surface area contributed by atoms with Crippen LogP contribution in [0.25, 0.3) is 0 Å². The molecular formula is C19H23N. The van der Waals surface area contributed by atoms with E-state index in [-0.39, 0.29) is 0 Å². The van der Waals surface area contributed by atoms with Crippen LogP contribution in [-0.4, -0.2) is 12.1 Å². The van der Waals surface area contributed by atoms with Crippen LogP contribution < -0.4 is 5.32 Å². The first-order valence-corrected chi connectivity index (χ1v) is 7.62. The third-order valence-electron chi connectivity index (χ3n) is 4.59. The molecule has 0 amide bonds. The molecule has 3 rings (SSSR count). The van der Waals surface area contributed by atoms with E-state index in [0.29, 0.717) is 11.5 Å². The second-order valence-corrected chi connectivity index (χ2v) is 6.17. The fourth-order valence-electron chi connectivity index (χ4n) is 3.03. The minimum Gasteiger partial charge on any atom is -0.311 e. The average molecular weight is 265 g/mol. The molecule has 0 atom stereocenters. The Hall–Kier alpha value is -1.60. The summed E-state index contributed by atoms with van der Waals surface area (Å²) in [6.07, 6.45) is 3.98. The van der Waals surface area contributed by atoms with E-state index in [1.165, 1.54) is 30.4 Å². The molecule has 104 valence electrons. The summed E-state index contributed by atoms with van der Waals surface area (Å²) < 4.78 is 0. The van der Waals surface area contributed by atoms with Crippen LogP contribution in [0, 0.1) is 0 Å². The average Bonchev–Trinajstić information content (AvgIpc) is 2.48. The molecule has 0 aliphatic heterocycles. The summed E-state index contributed by atoms with van der Waals surface area (Å²) in [5, 5.41) is 3.79. The van der Waals surface area contributed by atoms with Gasteiger partial charge in [-0.3, -0.25) is 0 Å². The van der Waals surface area contributed by atoms with Gasteiger partial charge in [0.25, 0.3) is 0 Å². The smallest absolute Gasteiger partial charge is 0.0214 e. The van der Waals surface area contributed by atoms with Gasteiger partial charge in [-0.1, -0.05) is 60.7 Å². The van der Waals surface area contributed by atoms with Crippen LogP contribution in [0.15, 0.2) is 60.7 Å². The monoisotopic (exact) mass is 265 g/mol. The molecule has 0 unspecified atom stereocenters. The van der Waals surface area contributed by atoms with E-state index in [4.69, 9.17) is 0 Å². The van der Waals surface area contributed by atoms with Gasteiger partial charge in [0, 0.05) is 18.0 Å². The van der Waals surface area contributed by atoms with Crippen LogP contribution in [0.1, 0.15) is 43.2 Å². The molecule has 0 saturated heterocycles. The third-order valence-corrected chi connectivity index (χ3v) is 4.59. The van der Waals surface area contributed by atoms with Crippen molar-refractivity contribution >= 4 is 0 Å². The number of rotatable bonds is 5. The Labute approximate surface area is 122 Å². The highest BCUT2D eigenvalue weighted by molar-refractivity contribution is 5.32. The number of hydrogen-bond acceptors (Lipinski definition) is 1. The van der Waals surface area contributed by atoms with Crippen molar-refractivity contribution in [2.75, 3.05) is 6.54 Å². The molecule has 1 aliphatic rings. The molecule has 2 aromatic rings. The summed E-state index contributed by atoms with van der Waals surface area (Å²) in [7, 11) is 0. The Kier molecular flexibility index (Phi) is 3.88. The Morgan fingerprint density at radius 3 is 1.80 bits per heavy atom. The highest BCUT2D eigenvalue weighted by Crippen LogP contribution is 2.32. The summed E-state index contributed by atoms with van der Waals surface area (Å²) >= 11 is 0. The van der Waals surface area contributed by atoms with Gasteiger partial charge in [0.05, 0.1) is 0 Å². The molecule has 1 nitrogen and oxygen atoms in total. The largest absolute Gasteiger partial charge is 0.311 e. The zero-order chi connectivity index (χ0) is 13.8. The maximum absolute atomic E-state index is 3.79. The fraction of sp³-hybridized carbons (Fsp3) is 0.368. The first-order valence-electron chi connectivity index (χ1n) is 7.62. The Morgan fingerprint density at radius 1 is 0.900 bits per heavy atom. The van der Waals surface area contributed by atoms with Crippen molar-refractivity contribution in [2.24, 2.45) is 0 Å². The number of hydrogen-bond donors (Lipinski definition) is 1. The Morgan fingerprint density at radius 2 is 1.40 bits per heavy atom. The lowest BCUT2D eigenvalue weighted by molar-refractivity contribution is 0.207. The molecule has 0 radical (unpaired) electrons. The van der Waals surface area contributed by atoms with Gasteiger partial charge in [-0.25, -0.2) is 0 Å². The summed E-state index contributed by atoms with van der Waals surface area (Å²) in [5.74, 6) is 0.440. The second-order valence-electron chi connectivity index (χ2n) is 6.17. The summed E-state index contributed by atoms with van der Waals surface area (Å²) in [4.78, 5) is 0. The quantitative estimate of drug-likeness (QED) is 0.847. The predicted molar refractivity (Wildman–Crippen MR) is 85.0 cm³/mol. The third kappa shape index (κ3) is 2.94. The number of nitrogens with one attached hydrogen (secondary N) is 1. The van der Waals surface area contributed by atoms with Gasteiger partial charge < -0.3 is 5.32 Å². The molecule has 0 aromatic heterocycles. The molecule has 0 heterocycles. The van der Waals surface area contributed by atoms with Gasteiger partial charge in [0.1, 0.15) is 0 Å². The van der Waals surface area contributed by atoms with Crippen molar-refractivity contribution in [2.45, 2.75) is 37.6 Å². The van der Waals surface area contributed by atoms with E-state index in [1.807, 2.05) is 0 Å². The van der Waals surface area contributed by atoms with Crippen LogP contribution >= 0.6 is 0 Å². The molecule has 1 heteroatoms. The van der Waals surface area contributed by atoms with Gasteiger partial charge in [-0.2, -0.15) is 0 Å². The first kappa shape index (κ1) is 13.4. The minimum absolute atomic E-state index is 0.363. The van der Waals surface area contributed by atoms with E-state index in [9.17, 15) is 0 Å². The standard InChI is InChI=1S/C19H23N/c1-19(13-8-14-19)20-15-18(16-9-4-2-5-10-16)17-11-6-3-7-12-17/h2-7,9-12,18,20H,8,13-15H2,1H3. The molecule has 20 heavy (non-hydrogen) atoms. The van der Waals surface area contributed by atoms with Crippen molar-refractivity contribution in [1.29, 1.82) is 0 Å². The van der Waals surface area contributed by atoms with Crippen molar-refractivity contribution in [3.63, 3.8) is 0 Å². The highest BCUT2D eigenvalue weighted by atomic mass is 15.0. The lowest BCUT2D eigenvalue weighted by Gasteiger charge is -2.40. The normalized spacial score (nSPS) is 16.9. The maximum atomic E-state index is 3.79. The highest BCUT2D eigenvalue weighted by Gasteiger charge is 2.31. The molecule has 1 saturated carbocycles. The van der Waals surface area contributed by atoms with E-state index in [2.05, 4.69) is 72.9 Å². The molecule has 0 bridgehead atoms. The lowest BCUT2D eigenvalue weighted by Crippen LogP contribution is -2.49. The van der Waals surface area contributed by atoms with Crippen molar-refractivity contribution in [3.8, 4) is 0 Å². The van der Waals surface area contributed by atoms with Crippen LogP contribution in [0.2, 0.25) is 0 Å². The zero-order valence-corrected chi connectivity index (χ0v) is 12.2. The van der Waals surface area contributed by atoms with Gasteiger partial charge in [-0.05, 0) is 37.3 Å². The van der Waals surface area contributed by atoms with E-state index < -0.39 is 0 Å². The molecule has 2 aromatic carbocycles. The maximum Gasteiger partial charge on any atom is 0.0214 e. The van der Waals surface area contributed by atoms with E-state index >= 15 is 0 Å². The molecule has 1 N–H and O–H groups in total. The minimum atomic E-state index is 0.363. The summed E-state index contributed by atoms with van der Waals surface area (Å²) in [6, 6.07) is 21.7. The van der Waals surface area contributed by atoms with Gasteiger partial charge in [0.15, 0.2) is 0 Å². The number of benzene rings is 2. The van der Waals surface area contributed by atoms with Gasteiger partial charge in [-0.15, -0.1) is 0 Å². The van der Waals surface area contributed by atoms with E-state index in [1.54, 1.807) is 0 Å². The second kappa shape index (κ2) is 5.80. The topological polar surface area (TPSA) is 12.0 Å². The first-order chi connectivity index (χ1) is 9.77. The fourth-order valence-corrected chi connectivity index (χ4v) is 3.03. The van der Waals surface area contributed by atoms with E-state index in [0.717, 1.165) is 6.54 Å². The van der Waals surface area contributed by atoms with Crippen LogP contribution in [0.5, 0.6) is 0 Å². The molecule has 1 aliphatic carbocycles. The van der Waals surface area contributed by atoms with Crippen molar-refractivity contribution in [3.05, 3.63) is 71.8 Å². The zero-order valence-electron chi connectivity index (χ0n) is 12.2. The van der Waals surface area contributed by atoms with Gasteiger partial charge in [0.2, 0.25) is 0 Å². The molecule has 1 fully saturated rings. The SMILES string of the molecule is CC1(NCC(c2ccccc2)c2ccccc2)CCC1. The summed E-state index contributed by atoms with van der Waals surface area (Å²) in [6.45, 7) is 3.37. The Bertz CT molecular complexity index is 489. The molecule has 0 spiro atoms.